The molecule has 0 N–H and O–H groups in total. The lowest BCUT2D eigenvalue weighted by Crippen LogP contribution is -2.04. The van der Waals surface area contributed by atoms with Crippen LogP contribution in [-0.4, -0.2) is 23.5 Å². The van der Waals surface area contributed by atoms with Crippen LogP contribution in [0.15, 0.2) is 188 Å². The normalized spacial score (nSPS) is 12.4. The first kappa shape index (κ1) is 31.1. The standard InChI is InChI=1S/C54H31N5/c1-2-16-35(17-3-1)57-44-23-11-6-18-36(44)38-27-26-34(30-47(38)57)52-54(56-43-22-10-9-21-42(43)55-52)59-48-29-33-15-5-4-14-32(33)28-41(48)50-49(59)31-40-37-19-7-12-24-45(37)58-46-25-13-8-20-39(46)51(50)53(40)58/h1-31H. The van der Waals surface area contributed by atoms with E-state index in [-0.39, 0.29) is 0 Å². The number of fused-ring (bicyclic) bond motifs is 15. The van der Waals surface area contributed by atoms with E-state index < -0.39 is 0 Å². The number of benzene rings is 9. The minimum Gasteiger partial charge on any atom is -0.309 e. The number of hydrogen-bond donors (Lipinski definition) is 0. The van der Waals surface area contributed by atoms with Gasteiger partial charge in [-0.3, -0.25) is 4.57 Å². The van der Waals surface area contributed by atoms with Crippen LogP contribution in [0.2, 0.25) is 0 Å². The lowest BCUT2D eigenvalue weighted by molar-refractivity contribution is 1.08. The highest BCUT2D eigenvalue weighted by molar-refractivity contribution is 6.36. The average molecular weight is 750 g/mol. The molecule has 5 heteroatoms. The Bertz CT molecular complexity index is 4070. The minimum absolute atomic E-state index is 0.808. The third-order valence-corrected chi connectivity index (χ3v) is 12.7. The molecular weight excluding hydrogens is 719 g/mol. The molecule has 5 heterocycles. The van der Waals surface area contributed by atoms with Gasteiger partial charge in [-0.25, -0.2) is 9.97 Å². The Morgan fingerprint density at radius 1 is 0.339 bits per heavy atom. The van der Waals surface area contributed by atoms with Crippen LogP contribution in [0.1, 0.15) is 0 Å². The lowest BCUT2D eigenvalue weighted by atomic mass is 10.0. The van der Waals surface area contributed by atoms with Gasteiger partial charge in [-0.2, -0.15) is 0 Å². The van der Waals surface area contributed by atoms with E-state index >= 15 is 0 Å². The second-order valence-corrected chi connectivity index (χ2v) is 15.8. The molecule has 0 spiro atoms. The van der Waals surface area contributed by atoms with Gasteiger partial charge in [-0.1, -0.05) is 121 Å². The fourth-order valence-corrected chi connectivity index (χ4v) is 10.2. The van der Waals surface area contributed by atoms with Crippen LogP contribution in [0.4, 0.5) is 0 Å². The maximum atomic E-state index is 5.61. The molecule has 272 valence electrons. The first-order valence-corrected chi connectivity index (χ1v) is 20.2. The largest absolute Gasteiger partial charge is 0.309 e. The topological polar surface area (TPSA) is 40.0 Å². The minimum atomic E-state index is 0.808. The molecule has 0 unspecified atom stereocenters. The van der Waals surface area contributed by atoms with Gasteiger partial charge in [0.05, 0.1) is 49.7 Å². The van der Waals surface area contributed by atoms with E-state index in [1.807, 2.05) is 0 Å². The van der Waals surface area contributed by atoms with Crippen LogP contribution in [0.5, 0.6) is 0 Å². The second-order valence-electron chi connectivity index (χ2n) is 15.8. The summed E-state index contributed by atoms with van der Waals surface area (Å²) in [5.74, 6) is 0.808. The third kappa shape index (κ3) is 4.08. The zero-order chi connectivity index (χ0) is 38.3. The average Bonchev–Trinajstić information content (AvgIpc) is 4.01. The summed E-state index contributed by atoms with van der Waals surface area (Å²) in [6, 6.07) is 68.0. The summed E-state index contributed by atoms with van der Waals surface area (Å²) in [7, 11) is 0. The maximum Gasteiger partial charge on any atom is 0.165 e. The molecular formula is C54H31N5. The van der Waals surface area contributed by atoms with Crippen molar-refractivity contribution < 1.29 is 0 Å². The predicted octanol–water partition coefficient (Wildman–Crippen LogP) is 13.8. The molecule has 0 saturated heterocycles. The molecule has 0 aliphatic heterocycles. The van der Waals surface area contributed by atoms with Crippen molar-refractivity contribution in [2.24, 2.45) is 0 Å². The first-order valence-electron chi connectivity index (χ1n) is 20.2. The van der Waals surface area contributed by atoms with Gasteiger partial charge < -0.3 is 8.97 Å². The Kier molecular flexibility index (Phi) is 5.96. The van der Waals surface area contributed by atoms with E-state index in [1.54, 1.807) is 0 Å². The summed E-state index contributed by atoms with van der Waals surface area (Å²) in [5.41, 5.74) is 12.9. The summed E-state index contributed by atoms with van der Waals surface area (Å²) < 4.78 is 7.26. The van der Waals surface area contributed by atoms with E-state index in [9.17, 15) is 0 Å². The SMILES string of the molecule is c1ccc(-n2c3ccccc3c3ccc(-c4nc5ccccc5nc4-n4c5cc6ccccc6cc5c5c6c7ccccc7n7c8ccccc8c(cc54)c67)cc32)cc1. The zero-order valence-corrected chi connectivity index (χ0v) is 31.6. The second kappa shape index (κ2) is 11.3. The van der Waals surface area contributed by atoms with Crippen molar-refractivity contribution in [3.63, 3.8) is 0 Å². The van der Waals surface area contributed by atoms with E-state index in [2.05, 4.69) is 202 Å². The van der Waals surface area contributed by atoms with Gasteiger partial charge in [0, 0.05) is 54.3 Å². The highest BCUT2D eigenvalue weighted by Crippen LogP contribution is 2.48. The van der Waals surface area contributed by atoms with Crippen molar-refractivity contribution in [1.82, 2.24) is 23.5 Å². The molecule has 5 aromatic heterocycles. The Morgan fingerprint density at radius 2 is 0.932 bits per heavy atom. The molecule has 5 nitrogen and oxygen atoms in total. The van der Waals surface area contributed by atoms with Crippen LogP contribution in [0, 0.1) is 0 Å². The molecule has 0 fully saturated rings. The third-order valence-electron chi connectivity index (χ3n) is 12.7. The van der Waals surface area contributed by atoms with Crippen molar-refractivity contribution in [1.29, 1.82) is 0 Å². The van der Waals surface area contributed by atoms with Crippen LogP contribution < -0.4 is 0 Å². The molecule has 0 saturated carbocycles. The molecule has 0 aliphatic rings. The fraction of sp³-hybridized carbons (Fsp3) is 0. The summed E-state index contributed by atoms with van der Waals surface area (Å²) in [6.45, 7) is 0. The molecule has 0 amide bonds. The van der Waals surface area contributed by atoms with Crippen molar-refractivity contribution in [2.45, 2.75) is 0 Å². The Labute approximate surface area is 336 Å². The number of aromatic nitrogens is 5. The first-order chi connectivity index (χ1) is 29.3. The van der Waals surface area contributed by atoms with Gasteiger partial charge >= 0.3 is 0 Å². The van der Waals surface area contributed by atoms with E-state index in [0.29, 0.717) is 0 Å². The molecule has 0 atom stereocenters. The van der Waals surface area contributed by atoms with Gasteiger partial charge in [0.15, 0.2) is 5.82 Å². The van der Waals surface area contributed by atoms with Crippen LogP contribution in [0.25, 0.3) is 126 Å². The highest BCUT2D eigenvalue weighted by atomic mass is 15.1. The molecule has 0 bridgehead atoms. The molecule has 0 aliphatic carbocycles. The van der Waals surface area contributed by atoms with Gasteiger partial charge in [0.1, 0.15) is 5.69 Å². The Balaban J connectivity index is 1.18. The van der Waals surface area contributed by atoms with Crippen LogP contribution in [0.3, 0.4) is 0 Å². The van der Waals surface area contributed by atoms with Crippen molar-refractivity contribution >= 4 is 104 Å². The van der Waals surface area contributed by atoms with Crippen LogP contribution >= 0.6 is 0 Å². The fourth-order valence-electron chi connectivity index (χ4n) is 10.2. The zero-order valence-electron chi connectivity index (χ0n) is 31.6. The van der Waals surface area contributed by atoms with Gasteiger partial charge in [0.25, 0.3) is 0 Å². The molecule has 59 heavy (non-hydrogen) atoms. The lowest BCUT2D eigenvalue weighted by Gasteiger charge is -2.15. The van der Waals surface area contributed by atoms with Crippen LogP contribution in [-0.2, 0) is 0 Å². The van der Waals surface area contributed by atoms with Gasteiger partial charge in [-0.15, -0.1) is 0 Å². The van der Waals surface area contributed by atoms with Gasteiger partial charge in [0.2, 0.25) is 0 Å². The molecule has 14 aromatic rings. The number of hydrogen-bond acceptors (Lipinski definition) is 2. The Hall–Kier alpha value is -8.02. The monoisotopic (exact) mass is 749 g/mol. The summed E-state index contributed by atoms with van der Waals surface area (Å²) in [4.78, 5) is 11.1. The van der Waals surface area contributed by atoms with E-state index in [1.165, 1.54) is 75.9 Å². The number of rotatable bonds is 3. The van der Waals surface area contributed by atoms with Crippen molar-refractivity contribution in [2.75, 3.05) is 0 Å². The van der Waals surface area contributed by atoms with Crippen molar-refractivity contribution in [3.05, 3.63) is 188 Å². The molecule has 14 rings (SSSR count). The van der Waals surface area contributed by atoms with Crippen molar-refractivity contribution in [3.8, 4) is 22.8 Å². The predicted molar refractivity (Wildman–Crippen MR) is 246 cm³/mol. The quantitative estimate of drug-likeness (QED) is 0.180. The number of para-hydroxylation sites is 6. The summed E-state index contributed by atoms with van der Waals surface area (Å²) in [5, 5.41) is 12.2. The highest BCUT2D eigenvalue weighted by Gasteiger charge is 2.27. The molecule has 0 radical (unpaired) electrons. The maximum absolute atomic E-state index is 5.61. The molecule has 9 aromatic carbocycles. The summed E-state index contributed by atoms with van der Waals surface area (Å²) >= 11 is 0. The van der Waals surface area contributed by atoms with E-state index in [0.717, 1.165) is 50.3 Å². The smallest absolute Gasteiger partial charge is 0.165 e. The Morgan fingerprint density at radius 3 is 1.73 bits per heavy atom. The summed E-state index contributed by atoms with van der Waals surface area (Å²) in [6.07, 6.45) is 0. The number of nitrogens with zero attached hydrogens (tertiary/aromatic N) is 5. The van der Waals surface area contributed by atoms with Gasteiger partial charge in [-0.05, 0) is 77.5 Å². The van der Waals surface area contributed by atoms with E-state index in [4.69, 9.17) is 9.97 Å².